The number of allylic oxidation sites excluding steroid dienone is 5. The highest BCUT2D eigenvalue weighted by atomic mass is 16.3. The second-order valence-electron chi connectivity index (χ2n) is 7.34. The van der Waals surface area contributed by atoms with Gasteiger partial charge < -0.3 is 5.11 Å². The van der Waals surface area contributed by atoms with E-state index < -0.39 is 5.60 Å². The first-order valence-corrected chi connectivity index (χ1v) is 8.53. The van der Waals surface area contributed by atoms with Crippen molar-refractivity contribution in [1.29, 1.82) is 0 Å². The Kier molecular flexibility index (Phi) is 7.45. The minimum atomic E-state index is -0.682. The van der Waals surface area contributed by atoms with Crippen LogP contribution in [0.25, 0.3) is 0 Å². The summed E-state index contributed by atoms with van der Waals surface area (Å²) in [6.45, 7) is 10.9. The molecule has 1 rings (SSSR count). The Morgan fingerprint density at radius 2 is 1.71 bits per heavy atom. The highest BCUT2D eigenvalue weighted by molar-refractivity contribution is 5.08. The van der Waals surface area contributed by atoms with Crippen molar-refractivity contribution < 1.29 is 5.11 Å². The summed E-state index contributed by atoms with van der Waals surface area (Å²) in [4.78, 5) is 0. The fourth-order valence-corrected chi connectivity index (χ4v) is 2.82. The molecule has 1 unspecified atom stereocenters. The third kappa shape index (κ3) is 7.66. The van der Waals surface area contributed by atoms with Gasteiger partial charge in [0, 0.05) is 0 Å². The largest absolute Gasteiger partial charge is 0.386 e. The van der Waals surface area contributed by atoms with E-state index in [4.69, 9.17) is 0 Å². The molecule has 0 bridgehead atoms. The lowest BCUT2D eigenvalue weighted by molar-refractivity contribution is 0.102. The molecule has 0 aliphatic heterocycles. The third-order valence-electron chi connectivity index (χ3n) is 4.61. The molecule has 1 heteroatoms. The lowest BCUT2D eigenvalue weighted by atomic mass is 9.87. The third-order valence-corrected chi connectivity index (χ3v) is 4.61. The van der Waals surface area contributed by atoms with Crippen LogP contribution in [0.1, 0.15) is 73.1 Å². The average Bonchev–Trinajstić information content (AvgIpc) is 2.37. The Morgan fingerprint density at radius 3 is 2.38 bits per heavy atom. The van der Waals surface area contributed by atoms with Crippen molar-refractivity contribution in [3.05, 3.63) is 35.5 Å². The molecule has 0 aromatic carbocycles. The van der Waals surface area contributed by atoms with Gasteiger partial charge in [-0.05, 0) is 71.1 Å². The van der Waals surface area contributed by atoms with Crippen molar-refractivity contribution >= 4 is 0 Å². The maximum atomic E-state index is 10.5. The van der Waals surface area contributed by atoms with E-state index in [2.05, 4.69) is 45.9 Å². The fraction of sp³-hybridized carbons (Fsp3) is 0.700. The molecule has 21 heavy (non-hydrogen) atoms. The van der Waals surface area contributed by atoms with E-state index in [1.165, 1.54) is 17.6 Å². The second kappa shape index (κ2) is 8.58. The maximum Gasteiger partial charge on any atom is 0.0802 e. The van der Waals surface area contributed by atoms with Crippen LogP contribution in [-0.4, -0.2) is 10.7 Å². The van der Waals surface area contributed by atoms with E-state index in [9.17, 15) is 5.11 Å². The van der Waals surface area contributed by atoms with Crippen LogP contribution in [0.5, 0.6) is 0 Å². The summed E-state index contributed by atoms with van der Waals surface area (Å²) >= 11 is 0. The Bertz CT molecular complexity index is 396. The monoisotopic (exact) mass is 290 g/mol. The summed E-state index contributed by atoms with van der Waals surface area (Å²) in [6, 6.07) is 0. The molecule has 120 valence electrons. The van der Waals surface area contributed by atoms with Crippen LogP contribution in [0.15, 0.2) is 35.5 Å². The maximum absolute atomic E-state index is 10.5. The van der Waals surface area contributed by atoms with Crippen LogP contribution in [-0.2, 0) is 0 Å². The summed E-state index contributed by atoms with van der Waals surface area (Å²) in [7, 11) is 0. The summed E-state index contributed by atoms with van der Waals surface area (Å²) in [5, 5.41) is 10.5. The predicted molar refractivity (Wildman–Crippen MR) is 93.3 cm³/mol. The average molecular weight is 290 g/mol. The van der Waals surface area contributed by atoms with Gasteiger partial charge in [0.05, 0.1) is 5.60 Å². The van der Waals surface area contributed by atoms with E-state index in [0.29, 0.717) is 11.8 Å². The zero-order valence-electron chi connectivity index (χ0n) is 14.7. The summed E-state index contributed by atoms with van der Waals surface area (Å²) < 4.78 is 0. The Hall–Kier alpha value is -0.820. The van der Waals surface area contributed by atoms with Gasteiger partial charge in [0.1, 0.15) is 0 Å². The minimum Gasteiger partial charge on any atom is -0.386 e. The lowest BCUT2D eigenvalue weighted by Crippen LogP contribution is -2.21. The zero-order chi connectivity index (χ0) is 15.9. The van der Waals surface area contributed by atoms with E-state index >= 15 is 0 Å². The Labute approximate surface area is 131 Å². The van der Waals surface area contributed by atoms with Gasteiger partial charge in [-0.2, -0.15) is 0 Å². The Morgan fingerprint density at radius 1 is 1.10 bits per heavy atom. The molecule has 0 aromatic rings. The molecule has 0 amide bonds. The van der Waals surface area contributed by atoms with Crippen LogP contribution in [0.4, 0.5) is 0 Å². The SMILES string of the molecule is C/C1=C\CC[C@@](C)(O)/C=C\C(C(C)C)CC/C(C)=C/CC1. The van der Waals surface area contributed by atoms with Gasteiger partial charge in [-0.25, -0.2) is 0 Å². The number of hydrogen-bond acceptors (Lipinski definition) is 1. The minimum absolute atomic E-state index is 0.556. The van der Waals surface area contributed by atoms with Crippen LogP contribution >= 0.6 is 0 Å². The zero-order valence-corrected chi connectivity index (χ0v) is 14.7. The molecule has 1 aliphatic carbocycles. The molecule has 0 saturated heterocycles. The normalized spacial score (nSPS) is 36.2. The summed E-state index contributed by atoms with van der Waals surface area (Å²) in [5.41, 5.74) is 2.26. The summed E-state index contributed by atoms with van der Waals surface area (Å²) in [5.74, 6) is 1.18. The van der Waals surface area contributed by atoms with Gasteiger partial charge in [-0.1, -0.05) is 49.3 Å². The molecule has 0 heterocycles. The molecule has 1 aliphatic rings. The second-order valence-corrected chi connectivity index (χ2v) is 7.34. The van der Waals surface area contributed by atoms with Gasteiger partial charge in [0.25, 0.3) is 0 Å². The van der Waals surface area contributed by atoms with Gasteiger partial charge in [0.2, 0.25) is 0 Å². The van der Waals surface area contributed by atoms with E-state index in [0.717, 1.165) is 32.1 Å². The van der Waals surface area contributed by atoms with Crippen LogP contribution < -0.4 is 0 Å². The van der Waals surface area contributed by atoms with Crippen LogP contribution in [0.2, 0.25) is 0 Å². The van der Waals surface area contributed by atoms with Crippen molar-refractivity contribution in [2.24, 2.45) is 11.8 Å². The quantitative estimate of drug-likeness (QED) is 0.604. The highest BCUT2D eigenvalue weighted by Crippen LogP contribution is 2.25. The standard InChI is InChI=1S/C20H34O/c1-16(2)19-12-11-18(4)9-6-8-17(3)10-7-14-20(5,21)15-13-19/h9-10,13,15-16,19,21H,6-8,11-12,14H2,1-5H3/b15-13-,17-10+,18-9+/t19?,20-/m1/s1. The first kappa shape index (κ1) is 18.2. The molecule has 0 saturated carbocycles. The van der Waals surface area contributed by atoms with Crippen LogP contribution in [0, 0.1) is 11.8 Å². The van der Waals surface area contributed by atoms with E-state index in [1.54, 1.807) is 0 Å². The number of rotatable bonds is 1. The molecule has 1 nitrogen and oxygen atoms in total. The van der Waals surface area contributed by atoms with Crippen molar-refractivity contribution in [1.82, 2.24) is 0 Å². The topological polar surface area (TPSA) is 20.2 Å². The first-order valence-electron chi connectivity index (χ1n) is 8.53. The fourth-order valence-electron chi connectivity index (χ4n) is 2.82. The smallest absolute Gasteiger partial charge is 0.0802 e. The molecule has 0 radical (unpaired) electrons. The van der Waals surface area contributed by atoms with Crippen molar-refractivity contribution in [3.8, 4) is 0 Å². The van der Waals surface area contributed by atoms with Gasteiger partial charge in [-0.15, -0.1) is 0 Å². The molecule has 2 atom stereocenters. The molecule has 0 fully saturated rings. The number of aliphatic hydroxyl groups is 1. The predicted octanol–water partition coefficient (Wildman–Crippen LogP) is 5.81. The highest BCUT2D eigenvalue weighted by Gasteiger charge is 2.17. The molecule has 1 N–H and O–H groups in total. The molecule has 0 aromatic heterocycles. The van der Waals surface area contributed by atoms with Crippen LogP contribution in [0.3, 0.4) is 0 Å². The van der Waals surface area contributed by atoms with Gasteiger partial charge in [0.15, 0.2) is 0 Å². The summed E-state index contributed by atoms with van der Waals surface area (Å²) in [6.07, 6.45) is 15.4. The molecular weight excluding hydrogens is 256 g/mol. The molecule has 0 spiro atoms. The van der Waals surface area contributed by atoms with E-state index in [-0.39, 0.29) is 0 Å². The molecular formula is C20H34O. The van der Waals surface area contributed by atoms with Gasteiger partial charge in [-0.3, -0.25) is 0 Å². The lowest BCUT2D eigenvalue weighted by Gasteiger charge is -2.22. The van der Waals surface area contributed by atoms with Crippen molar-refractivity contribution in [2.45, 2.75) is 78.7 Å². The number of hydrogen-bond donors (Lipinski definition) is 1. The van der Waals surface area contributed by atoms with E-state index in [1.807, 2.05) is 13.0 Å². The first-order chi connectivity index (χ1) is 9.80. The van der Waals surface area contributed by atoms with Gasteiger partial charge >= 0.3 is 0 Å². The van der Waals surface area contributed by atoms with Crippen molar-refractivity contribution in [2.75, 3.05) is 0 Å². The van der Waals surface area contributed by atoms with Crippen molar-refractivity contribution in [3.63, 3.8) is 0 Å². The Balaban J connectivity index is 2.87.